The molecule has 3 heteroatoms. The van der Waals surface area contributed by atoms with Gasteiger partial charge in [-0.2, -0.15) is 5.26 Å². The first-order valence-electron chi connectivity index (χ1n) is 5.58. The van der Waals surface area contributed by atoms with E-state index in [0.717, 1.165) is 10.9 Å². The normalized spacial score (nSPS) is 24.8. The van der Waals surface area contributed by atoms with Gasteiger partial charge >= 0.3 is 0 Å². The maximum Gasteiger partial charge on any atom is 0.0845 e. The molecule has 1 aliphatic rings. The third-order valence-electron chi connectivity index (χ3n) is 3.23. The molecular weight excluding hydrogens is 220 g/mol. The Morgan fingerprint density at radius 2 is 2.12 bits per heavy atom. The first kappa shape index (κ1) is 11.4. The quantitative estimate of drug-likeness (QED) is 0.813. The van der Waals surface area contributed by atoms with E-state index in [1.54, 1.807) is 0 Å². The summed E-state index contributed by atoms with van der Waals surface area (Å²) in [4.78, 5) is 0. The summed E-state index contributed by atoms with van der Waals surface area (Å²) >= 11 is 5.87. The Morgan fingerprint density at radius 3 is 2.62 bits per heavy atom. The summed E-state index contributed by atoms with van der Waals surface area (Å²) in [5.41, 5.74) is 1.23. The first-order chi connectivity index (χ1) is 7.72. The van der Waals surface area contributed by atoms with E-state index in [-0.39, 0.29) is 0 Å². The van der Waals surface area contributed by atoms with Gasteiger partial charge in [-0.05, 0) is 36.0 Å². The van der Waals surface area contributed by atoms with E-state index in [0.29, 0.717) is 18.5 Å². The predicted molar refractivity (Wildman–Crippen MR) is 65.1 cm³/mol. The maximum atomic E-state index is 8.64. The molecule has 0 unspecified atom stereocenters. The lowest BCUT2D eigenvalue weighted by molar-refractivity contribution is 0.487. The third-order valence-corrected chi connectivity index (χ3v) is 3.48. The number of nitrogens with one attached hydrogen (secondary N) is 1. The molecule has 1 fully saturated rings. The largest absolute Gasteiger partial charge is 0.297 e. The lowest BCUT2D eigenvalue weighted by Crippen LogP contribution is -2.23. The summed E-state index contributed by atoms with van der Waals surface area (Å²) in [7, 11) is 0. The minimum absolute atomic E-state index is 0.298. The van der Waals surface area contributed by atoms with Gasteiger partial charge in [-0.1, -0.05) is 30.7 Å². The molecule has 0 aliphatic heterocycles. The van der Waals surface area contributed by atoms with Gasteiger partial charge in [0.15, 0.2) is 0 Å². The molecule has 1 aromatic rings. The SMILES string of the molecule is C[C@H]1C[C@H]1[C@H](NCC#N)c1ccc(Cl)cc1. The highest BCUT2D eigenvalue weighted by Gasteiger charge is 2.39. The summed E-state index contributed by atoms with van der Waals surface area (Å²) in [5, 5.41) is 12.7. The highest BCUT2D eigenvalue weighted by atomic mass is 35.5. The first-order valence-corrected chi connectivity index (χ1v) is 5.96. The molecule has 2 rings (SSSR count). The molecular formula is C13H15ClN2. The lowest BCUT2D eigenvalue weighted by Gasteiger charge is -2.17. The molecule has 84 valence electrons. The van der Waals surface area contributed by atoms with Gasteiger partial charge in [0, 0.05) is 11.1 Å². The van der Waals surface area contributed by atoms with Gasteiger partial charge in [0.25, 0.3) is 0 Å². The van der Waals surface area contributed by atoms with Crippen LogP contribution in [-0.2, 0) is 0 Å². The van der Waals surface area contributed by atoms with E-state index in [1.165, 1.54) is 12.0 Å². The number of halogens is 1. The van der Waals surface area contributed by atoms with Crippen LogP contribution in [0.15, 0.2) is 24.3 Å². The van der Waals surface area contributed by atoms with Crippen molar-refractivity contribution in [1.29, 1.82) is 5.26 Å². The zero-order valence-electron chi connectivity index (χ0n) is 9.28. The summed E-state index contributed by atoms with van der Waals surface area (Å²) < 4.78 is 0. The Labute approximate surface area is 101 Å². The average molecular weight is 235 g/mol. The van der Waals surface area contributed by atoms with Gasteiger partial charge in [0.05, 0.1) is 12.6 Å². The van der Waals surface area contributed by atoms with Crippen molar-refractivity contribution in [3.05, 3.63) is 34.9 Å². The summed E-state index contributed by atoms with van der Waals surface area (Å²) in [6.07, 6.45) is 1.24. The van der Waals surface area contributed by atoms with Gasteiger partial charge in [0.1, 0.15) is 0 Å². The molecule has 16 heavy (non-hydrogen) atoms. The highest BCUT2D eigenvalue weighted by Crippen LogP contribution is 2.46. The van der Waals surface area contributed by atoms with Crippen LogP contribution in [0.3, 0.4) is 0 Å². The fourth-order valence-electron chi connectivity index (χ4n) is 2.16. The molecule has 3 atom stereocenters. The Bertz CT molecular complexity index is 393. The Balaban J connectivity index is 2.12. The molecule has 1 aromatic carbocycles. The zero-order chi connectivity index (χ0) is 11.5. The third kappa shape index (κ3) is 2.55. The molecule has 0 spiro atoms. The monoisotopic (exact) mass is 234 g/mol. The number of nitriles is 1. The van der Waals surface area contributed by atoms with Crippen LogP contribution in [0.1, 0.15) is 24.9 Å². The van der Waals surface area contributed by atoms with Gasteiger partial charge < -0.3 is 0 Å². The molecule has 0 aromatic heterocycles. The molecule has 1 N–H and O–H groups in total. The van der Waals surface area contributed by atoms with E-state index in [9.17, 15) is 0 Å². The fraction of sp³-hybridized carbons (Fsp3) is 0.462. The van der Waals surface area contributed by atoms with Crippen molar-refractivity contribution < 1.29 is 0 Å². The summed E-state index contributed by atoms with van der Waals surface area (Å²) in [6, 6.07) is 10.3. The topological polar surface area (TPSA) is 35.8 Å². The van der Waals surface area contributed by atoms with Crippen LogP contribution in [0.5, 0.6) is 0 Å². The molecule has 0 saturated heterocycles. The van der Waals surface area contributed by atoms with Crippen molar-refractivity contribution in [2.24, 2.45) is 11.8 Å². The number of nitrogens with zero attached hydrogens (tertiary/aromatic N) is 1. The number of hydrogen-bond acceptors (Lipinski definition) is 2. The van der Waals surface area contributed by atoms with Gasteiger partial charge in [-0.15, -0.1) is 0 Å². The lowest BCUT2D eigenvalue weighted by atomic mass is 10.0. The maximum absolute atomic E-state index is 8.64. The molecule has 1 aliphatic carbocycles. The van der Waals surface area contributed by atoms with Gasteiger partial charge in [-0.3, -0.25) is 5.32 Å². The van der Waals surface area contributed by atoms with Crippen LogP contribution in [0, 0.1) is 23.2 Å². The van der Waals surface area contributed by atoms with E-state index >= 15 is 0 Å². The van der Waals surface area contributed by atoms with E-state index in [4.69, 9.17) is 16.9 Å². The standard InChI is InChI=1S/C13H15ClN2/c1-9-8-12(9)13(16-7-6-15)10-2-4-11(14)5-3-10/h2-5,9,12-13,16H,7-8H2,1H3/t9-,12+,13+/m0/s1. The minimum Gasteiger partial charge on any atom is -0.297 e. The van der Waals surface area contributed by atoms with Crippen molar-refractivity contribution >= 4 is 11.6 Å². The second-order valence-corrected chi connectivity index (χ2v) is 4.88. The Hall–Kier alpha value is -1.04. The van der Waals surface area contributed by atoms with Crippen molar-refractivity contribution in [3.8, 4) is 6.07 Å². The molecule has 0 radical (unpaired) electrons. The molecule has 0 amide bonds. The Morgan fingerprint density at radius 1 is 1.50 bits per heavy atom. The zero-order valence-corrected chi connectivity index (χ0v) is 10.0. The van der Waals surface area contributed by atoms with E-state index in [2.05, 4.69) is 18.3 Å². The smallest absolute Gasteiger partial charge is 0.0845 e. The average Bonchev–Trinajstić information content (AvgIpc) is 2.99. The van der Waals surface area contributed by atoms with E-state index < -0.39 is 0 Å². The molecule has 0 bridgehead atoms. The van der Waals surface area contributed by atoms with Gasteiger partial charge in [-0.25, -0.2) is 0 Å². The predicted octanol–water partition coefficient (Wildman–Crippen LogP) is 3.15. The van der Waals surface area contributed by atoms with Gasteiger partial charge in [0.2, 0.25) is 0 Å². The van der Waals surface area contributed by atoms with Crippen LogP contribution in [-0.4, -0.2) is 6.54 Å². The Kier molecular flexibility index (Phi) is 3.48. The van der Waals surface area contributed by atoms with Crippen LogP contribution >= 0.6 is 11.6 Å². The number of benzene rings is 1. The molecule has 0 heterocycles. The summed E-state index contributed by atoms with van der Waals surface area (Å²) in [5.74, 6) is 1.42. The van der Waals surface area contributed by atoms with Crippen molar-refractivity contribution in [2.75, 3.05) is 6.54 Å². The highest BCUT2D eigenvalue weighted by molar-refractivity contribution is 6.30. The van der Waals surface area contributed by atoms with Crippen molar-refractivity contribution in [1.82, 2.24) is 5.32 Å². The van der Waals surface area contributed by atoms with Crippen molar-refractivity contribution in [2.45, 2.75) is 19.4 Å². The number of rotatable bonds is 4. The minimum atomic E-state index is 0.298. The number of hydrogen-bond donors (Lipinski definition) is 1. The second-order valence-electron chi connectivity index (χ2n) is 4.45. The fourth-order valence-corrected chi connectivity index (χ4v) is 2.28. The van der Waals surface area contributed by atoms with Crippen LogP contribution in [0.25, 0.3) is 0 Å². The second kappa shape index (κ2) is 4.86. The van der Waals surface area contributed by atoms with E-state index in [1.807, 2.05) is 24.3 Å². The van der Waals surface area contributed by atoms with Crippen LogP contribution in [0.4, 0.5) is 0 Å². The summed E-state index contributed by atoms with van der Waals surface area (Å²) in [6.45, 7) is 2.65. The van der Waals surface area contributed by atoms with Crippen LogP contribution in [0.2, 0.25) is 5.02 Å². The van der Waals surface area contributed by atoms with Crippen molar-refractivity contribution in [3.63, 3.8) is 0 Å². The molecule has 2 nitrogen and oxygen atoms in total. The molecule has 1 saturated carbocycles. The van der Waals surface area contributed by atoms with Crippen LogP contribution < -0.4 is 5.32 Å².